The maximum absolute atomic E-state index is 13.4. The third kappa shape index (κ3) is 4.76. The minimum atomic E-state index is -4.64. The summed E-state index contributed by atoms with van der Waals surface area (Å²) in [6, 6.07) is 4.31. The Hall–Kier alpha value is -2.46. The number of alkyl halides is 3. The first-order valence-corrected chi connectivity index (χ1v) is 12.9. The van der Waals surface area contributed by atoms with E-state index in [9.17, 15) is 13.2 Å². The van der Waals surface area contributed by atoms with Gasteiger partial charge in [0.2, 0.25) is 0 Å². The van der Waals surface area contributed by atoms with Crippen LogP contribution in [-0.4, -0.2) is 34.4 Å². The molecule has 0 amide bonds. The largest absolute Gasteiger partial charge is 0.434 e. The van der Waals surface area contributed by atoms with Crippen LogP contribution in [-0.2, 0) is 17.6 Å². The van der Waals surface area contributed by atoms with Crippen LogP contribution in [0, 0.1) is 6.92 Å². The molecule has 0 aliphatic carbocycles. The first kappa shape index (κ1) is 21.3. The van der Waals surface area contributed by atoms with E-state index >= 15 is 0 Å². The number of rotatable bonds is 6. The van der Waals surface area contributed by atoms with Gasteiger partial charge in [0, 0.05) is 20.1 Å². The zero-order valence-corrected chi connectivity index (χ0v) is 17.8. The van der Waals surface area contributed by atoms with Crippen LogP contribution >= 0.6 is 0 Å². The molecular formula is C19H24F3N5OSi. The van der Waals surface area contributed by atoms with Gasteiger partial charge in [-0.15, -0.1) is 0 Å². The van der Waals surface area contributed by atoms with E-state index in [1.807, 2.05) is 6.92 Å². The molecule has 0 fully saturated rings. The van der Waals surface area contributed by atoms with Crippen LogP contribution in [0.3, 0.4) is 0 Å². The number of aromatic nitrogens is 4. The van der Waals surface area contributed by atoms with Gasteiger partial charge in [0.1, 0.15) is 18.9 Å². The van der Waals surface area contributed by atoms with Gasteiger partial charge < -0.3 is 10.5 Å². The van der Waals surface area contributed by atoms with E-state index in [1.54, 1.807) is 23.0 Å². The molecular weight excluding hydrogens is 399 g/mol. The summed E-state index contributed by atoms with van der Waals surface area (Å²) in [5, 5.41) is 5.04. The number of nitrogen functional groups attached to an aromatic ring is 1. The summed E-state index contributed by atoms with van der Waals surface area (Å²) in [4.78, 5) is 7.16. The van der Waals surface area contributed by atoms with E-state index < -0.39 is 19.9 Å². The second-order valence-electron chi connectivity index (χ2n) is 8.20. The first-order valence-electron chi connectivity index (χ1n) is 9.19. The van der Waals surface area contributed by atoms with Crippen molar-refractivity contribution < 1.29 is 17.9 Å². The van der Waals surface area contributed by atoms with Crippen molar-refractivity contribution in [3.8, 4) is 11.1 Å². The molecule has 2 heterocycles. The van der Waals surface area contributed by atoms with Gasteiger partial charge in [-0.3, -0.25) is 0 Å². The van der Waals surface area contributed by atoms with Crippen LogP contribution in [0.4, 0.5) is 19.0 Å². The highest BCUT2D eigenvalue weighted by Gasteiger charge is 2.37. The predicted octanol–water partition coefficient (Wildman–Crippen LogP) is 4.72. The minimum absolute atomic E-state index is 0.215. The van der Waals surface area contributed by atoms with Gasteiger partial charge in [-0.1, -0.05) is 19.6 Å². The Bertz CT molecular complexity index is 1030. The van der Waals surface area contributed by atoms with Crippen LogP contribution in [0.25, 0.3) is 22.0 Å². The van der Waals surface area contributed by atoms with Crippen LogP contribution in [0.2, 0.25) is 25.7 Å². The fourth-order valence-corrected chi connectivity index (χ4v) is 3.87. The van der Waals surface area contributed by atoms with Gasteiger partial charge in [-0.25, -0.2) is 14.6 Å². The fraction of sp³-hybridized carbons (Fsp3) is 0.421. The molecule has 0 bridgehead atoms. The van der Waals surface area contributed by atoms with Gasteiger partial charge in [0.15, 0.2) is 5.69 Å². The van der Waals surface area contributed by atoms with Gasteiger partial charge >= 0.3 is 6.18 Å². The van der Waals surface area contributed by atoms with Gasteiger partial charge in [0.05, 0.1) is 17.3 Å². The number of fused-ring (bicyclic) bond motifs is 1. The number of anilines is 1. The number of nitrogens with zero attached hydrogens (tertiary/aromatic N) is 4. The Morgan fingerprint density at radius 2 is 1.90 bits per heavy atom. The highest BCUT2D eigenvalue weighted by molar-refractivity contribution is 6.76. The Balaban J connectivity index is 1.95. The summed E-state index contributed by atoms with van der Waals surface area (Å²) in [6.45, 7) is 9.59. The Kier molecular flexibility index (Phi) is 5.68. The molecule has 0 unspecified atom stereocenters. The highest BCUT2D eigenvalue weighted by atomic mass is 28.3. The fourth-order valence-electron chi connectivity index (χ4n) is 3.12. The number of hydrogen-bond donors (Lipinski definition) is 1. The normalized spacial score (nSPS) is 12.7. The lowest BCUT2D eigenvalue weighted by Gasteiger charge is -2.16. The maximum Gasteiger partial charge on any atom is 0.434 e. The summed E-state index contributed by atoms with van der Waals surface area (Å²) < 4.78 is 47.7. The SMILES string of the molecule is Cc1cc(-c2c(N)ncnc2C(F)(F)F)cc2cnn(COCC[Si](C)(C)C)c12. The summed E-state index contributed by atoms with van der Waals surface area (Å²) in [6.07, 6.45) is -2.20. The average Bonchev–Trinajstić information content (AvgIpc) is 3.00. The molecule has 29 heavy (non-hydrogen) atoms. The molecule has 0 saturated heterocycles. The van der Waals surface area contributed by atoms with Gasteiger partial charge in [-0.05, 0) is 36.2 Å². The van der Waals surface area contributed by atoms with Crippen molar-refractivity contribution in [2.45, 2.75) is 45.5 Å². The zero-order chi connectivity index (χ0) is 21.4. The summed E-state index contributed by atoms with van der Waals surface area (Å²) in [7, 11) is -1.19. The second kappa shape index (κ2) is 7.75. The minimum Gasteiger partial charge on any atom is -0.383 e. The quantitative estimate of drug-likeness (QED) is 0.459. The number of hydrogen-bond acceptors (Lipinski definition) is 5. The lowest BCUT2D eigenvalue weighted by Crippen LogP contribution is -2.22. The lowest BCUT2D eigenvalue weighted by atomic mass is 9.99. The van der Waals surface area contributed by atoms with Crippen molar-refractivity contribution in [3.63, 3.8) is 0 Å². The smallest absolute Gasteiger partial charge is 0.383 e. The van der Waals surface area contributed by atoms with E-state index in [0.29, 0.717) is 24.3 Å². The highest BCUT2D eigenvalue weighted by Crippen LogP contribution is 2.39. The number of benzene rings is 1. The molecule has 0 radical (unpaired) electrons. The van der Waals surface area contributed by atoms with E-state index in [2.05, 4.69) is 34.7 Å². The predicted molar refractivity (Wildman–Crippen MR) is 109 cm³/mol. The van der Waals surface area contributed by atoms with E-state index in [0.717, 1.165) is 23.5 Å². The molecule has 156 valence electrons. The average molecular weight is 424 g/mol. The molecule has 6 nitrogen and oxygen atoms in total. The molecule has 1 aromatic carbocycles. The molecule has 0 aliphatic rings. The topological polar surface area (TPSA) is 78.9 Å². The van der Waals surface area contributed by atoms with Gasteiger partial charge in [-0.2, -0.15) is 18.3 Å². The van der Waals surface area contributed by atoms with Crippen molar-refractivity contribution in [1.29, 1.82) is 0 Å². The Morgan fingerprint density at radius 1 is 1.17 bits per heavy atom. The van der Waals surface area contributed by atoms with Crippen LogP contribution in [0.15, 0.2) is 24.7 Å². The molecule has 0 aliphatic heterocycles. The Labute approximate surface area is 167 Å². The van der Waals surface area contributed by atoms with Crippen molar-refractivity contribution in [2.24, 2.45) is 0 Å². The molecule has 2 aromatic heterocycles. The molecule has 0 atom stereocenters. The summed E-state index contributed by atoms with van der Waals surface area (Å²) in [5.74, 6) is -0.215. The second-order valence-corrected chi connectivity index (χ2v) is 13.8. The van der Waals surface area contributed by atoms with Crippen molar-refractivity contribution in [2.75, 3.05) is 12.3 Å². The number of aryl methyl sites for hydroxylation is 1. The first-order chi connectivity index (χ1) is 13.5. The monoisotopic (exact) mass is 423 g/mol. The van der Waals surface area contributed by atoms with Crippen LogP contribution in [0.5, 0.6) is 0 Å². The summed E-state index contributed by atoms with van der Waals surface area (Å²) in [5.41, 5.74) is 6.39. The third-order valence-corrected chi connectivity index (χ3v) is 6.27. The van der Waals surface area contributed by atoms with Crippen LogP contribution < -0.4 is 5.73 Å². The van der Waals surface area contributed by atoms with Crippen molar-refractivity contribution in [1.82, 2.24) is 19.7 Å². The van der Waals surface area contributed by atoms with E-state index in [4.69, 9.17) is 10.5 Å². The number of nitrogens with two attached hydrogens (primary N) is 1. The zero-order valence-electron chi connectivity index (χ0n) is 16.8. The van der Waals surface area contributed by atoms with Crippen molar-refractivity contribution >= 4 is 24.8 Å². The molecule has 3 aromatic rings. The molecule has 0 spiro atoms. The third-order valence-electron chi connectivity index (χ3n) is 4.57. The summed E-state index contributed by atoms with van der Waals surface area (Å²) >= 11 is 0. The molecule has 0 saturated carbocycles. The number of ether oxygens (including phenoxy) is 1. The van der Waals surface area contributed by atoms with Crippen molar-refractivity contribution in [3.05, 3.63) is 35.9 Å². The molecule has 3 rings (SSSR count). The maximum atomic E-state index is 13.4. The number of halogens is 3. The standard InChI is InChI=1S/C19H24F3N5OSi/c1-12-7-13(15-17(19(20,21)22)24-10-25-18(15)23)8-14-9-26-27(16(12)14)11-28-5-6-29(2,3)4/h7-10H,5-6,11H2,1-4H3,(H2,23,24,25). The van der Waals surface area contributed by atoms with Gasteiger partial charge in [0.25, 0.3) is 0 Å². The Morgan fingerprint density at radius 3 is 2.55 bits per heavy atom. The van der Waals surface area contributed by atoms with E-state index in [-0.39, 0.29) is 11.4 Å². The molecule has 2 N–H and O–H groups in total. The lowest BCUT2D eigenvalue weighted by molar-refractivity contribution is -0.140. The van der Waals surface area contributed by atoms with Crippen LogP contribution in [0.1, 0.15) is 11.3 Å². The van der Waals surface area contributed by atoms with E-state index in [1.165, 1.54) is 0 Å². The molecule has 10 heteroatoms.